The molecule has 24 heavy (non-hydrogen) atoms. The number of pyridine rings is 1. The van der Waals surface area contributed by atoms with Crippen LogP contribution in [-0.2, 0) is 14.3 Å². The molecule has 0 radical (unpaired) electrons. The smallest absolute Gasteiger partial charge is 0.256 e. The van der Waals surface area contributed by atoms with Gasteiger partial charge in [-0.25, -0.2) is 4.98 Å². The number of aromatic nitrogens is 1. The van der Waals surface area contributed by atoms with E-state index < -0.39 is 5.60 Å². The SMILES string of the molecule is CCCC[C@@](C)(OC)C(=O)Nc1ccc(OCCOCC)nc1C. The third-order valence-corrected chi connectivity index (χ3v) is 3.93. The number of methoxy groups -OCH3 is 1. The second kappa shape index (κ2) is 10.3. The molecule has 1 aromatic rings. The van der Waals surface area contributed by atoms with Gasteiger partial charge in [-0.3, -0.25) is 4.79 Å². The molecule has 1 atom stereocenters. The summed E-state index contributed by atoms with van der Waals surface area (Å²) in [6.45, 7) is 9.31. The zero-order valence-electron chi connectivity index (χ0n) is 15.5. The Morgan fingerprint density at radius 3 is 2.62 bits per heavy atom. The van der Waals surface area contributed by atoms with Crippen LogP contribution in [0.2, 0.25) is 0 Å². The quantitative estimate of drug-likeness (QED) is 0.627. The number of ether oxygens (including phenoxy) is 3. The summed E-state index contributed by atoms with van der Waals surface area (Å²) in [5.74, 6) is 0.360. The third-order valence-electron chi connectivity index (χ3n) is 3.93. The predicted molar refractivity (Wildman–Crippen MR) is 94.5 cm³/mol. The van der Waals surface area contributed by atoms with Crippen LogP contribution in [0.25, 0.3) is 0 Å². The number of carbonyl (C=O) groups is 1. The van der Waals surface area contributed by atoms with Crippen molar-refractivity contribution < 1.29 is 19.0 Å². The molecule has 0 aliphatic heterocycles. The molecule has 136 valence electrons. The molecule has 0 unspecified atom stereocenters. The Bertz CT molecular complexity index is 522. The minimum Gasteiger partial charge on any atom is -0.475 e. The van der Waals surface area contributed by atoms with Crippen molar-refractivity contribution in [2.45, 2.75) is 52.6 Å². The van der Waals surface area contributed by atoms with Gasteiger partial charge in [-0.1, -0.05) is 19.8 Å². The summed E-state index contributed by atoms with van der Waals surface area (Å²) in [4.78, 5) is 16.9. The normalized spacial score (nSPS) is 13.4. The zero-order chi connectivity index (χ0) is 18.0. The molecule has 1 N–H and O–H groups in total. The molecule has 6 heteroatoms. The van der Waals surface area contributed by atoms with E-state index in [4.69, 9.17) is 14.2 Å². The van der Waals surface area contributed by atoms with Crippen LogP contribution in [0.5, 0.6) is 5.88 Å². The lowest BCUT2D eigenvalue weighted by atomic mass is 9.97. The molecule has 1 amide bonds. The first-order valence-electron chi connectivity index (χ1n) is 8.51. The van der Waals surface area contributed by atoms with E-state index in [9.17, 15) is 4.79 Å². The highest BCUT2D eigenvalue weighted by Crippen LogP contribution is 2.23. The van der Waals surface area contributed by atoms with E-state index in [1.165, 1.54) is 0 Å². The molecule has 0 saturated carbocycles. The van der Waals surface area contributed by atoms with Gasteiger partial charge in [0.1, 0.15) is 12.2 Å². The average Bonchev–Trinajstić information content (AvgIpc) is 2.58. The molecule has 0 aliphatic rings. The molecule has 0 fully saturated rings. The van der Waals surface area contributed by atoms with Gasteiger partial charge in [-0.15, -0.1) is 0 Å². The van der Waals surface area contributed by atoms with E-state index >= 15 is 0 Å². The summed E-state index contributed by atoms with van der Waals surface area (Å²) < 4.78 is 16.2. The summed E-state index contributed by atoms with van der Waals surface area (Å²) in [7, 11) is 1.57. The molecule has 1 rings (SSSR count). The van der Waals surface area contributed by atoms with Crippen molar-refractivity contribution in [1.82, 2.24) is 4.98 Å². The highest BCUT2D eigenvalue weighted by atomic mass is 16.5. The Morgan fingerprint density at radius 2 is 2.04 bits per heavy atom. The van der Waals surface area contributed by atoms with Crippen molar-refractivity contribution in [3.8, 4) is 5.88 Å². The van der Waals surface area contributed by atoms with Gasteiger partial charge in [0.15, 0.2) is 0 Å². The van der Waals surface area contributed by atoms with E-state index in [1.54, 1.807) is 19.2 Å². The standard InChI is InChI=1S/C18H30N2O4/c1-6-8-11-18(4,22-5)17(21)20-15-9-10-16(19-14(15)3)24-13-12-23-7-2/h9-10H,6-8,11-13H2,1-5H3,(H,20,21)/t18-/m1/s1. The first-order valence-corrected chi connectivity index (χ1v) is 8.51. The molecule has 0 aromatic carbocycles. The third kappa shape index (κ3) is 6.09. The number of unbranched alkanes of at least 4 members (excludes halogenated alkanes) is 1. The molecule has 1 heterocycles. The van der Waals surface area contributed by atoms with Gasteiger partial charge < -0.3 is 19.5 Å². The molecular formula is C18H30N2O4. The van der Waals surface area contributed by atoms with Crippen LogP contribution < -0.4 is 10.1 Å². The lowest BCUT2D eigenvalue weighted by Crippen LogP contribution is -2.42. The molecule has 0 bridgehead atoms. The Balaban J connectivity index is 2.68. The van der Waals surface area contributed by atoms with Crippen LogP contribution in [0.3, 0.4) is 0 Å². The van der Waals surface area contributed by atoms with Crippen LogP contribution >= 0.6 is 0 Å². The van der Waals surface area contributed by atoms with E-state index in [2.05, 4.69) is 17.2 Å². The van der Waals surface area contributed by atoms with Gasteiger partial charge in [0.05, 0.1) is 18.0 Å². The fourth-order valence-electron chi connectivity index (χ4n) is 2.18. The van der Waals surface area contributed by atoms with Crippen molar-refractivity contribution in [3.05, 3.63) is 17.8 Å². The topological polar surface area (TPSA) is 69.7 Å². The molecule has 0 spiro atoms. The molecule has 0 saturated heterocycles. The van der Waals surface area contributed by atoms with E-state index in [-0.39, 0.29) is 5.91 Å². The van der Waals surface area contributed by atoms with Crippen molar-refractivity contribution >= 4 is 11.6 Å². The zero-order valence-corrected chi connectivity index (χ0v) is 15.5. The number of nitrogens with zero attached hydrogens (tertiary/aromatic N) is 1. The van der Waals surface area contributed by atoms with Crippen LogP contribution in [0.4, 0.5) is 5.69 Å². The monoisotopic (exact) mass is 338 g/mol. The maximum Gasteiger partial charge on any atom is 0.256 e. The van der Waals surface area contributed by atoms with E-state index in [1.807, 2.05) is 20.8 Å². The maximum absolute atomic E-state index is 12.5. The molecule has 6 nitrogen and oxygen atoms in total. The van der Waals surface area contributed by atoms with Gasteiger partial charge in [-0.2, -0.15) is 0 Å². The number of rotatable bonds is 11. The minimum absolute atomic E-state index is 0.159. The summed E-state index contributed by atoms with van der Waals surface area (Å²) >= 11 is 0. The van der Waals surface area contributed by atoms with Crippen LogP contribution in [0, 0.1) is 6.92 Å². The number of nitrogens with one attached hydrogen (secondary N) is 1. The second-order valence-electron chi connectivity index (χ2n) is 5.82. The number of aryl methyl sites for hydroxylation is 1. The minimum atomic E-state index is -0.838. The summed E-state index contributed by atoms with van der Waals surface area (Å²) in [6.07, 6.45) is 2.62. The Hall–Kier alpha value is -1.66. The average molecular weight is 338 g/mol. The first kappa shape index (κ1) is 20.4. The highest BCUT2D eigenvalue weighted by Gasteiger charge is 2.32. The van der Waals surface area contributed by atoms with Crippen molar-refractivity contribution in [2.75, 3.05) is 32.2 Å². The maximum atomic E-state index is 12.5. The molecule has 0 aliphatic carbocycles. The van der Waals surface area contributed by atoms with Crippen LogP contribution in [-0.4, -0.2) is 43.4 Å². The number of hydrogen-bond acceptors (Lipinski definition) is 5. The predicted octanol–water partition coefficient (Wildman–Crippen LogP) is 3.34. The van der Waals surface area contributed by atoms with Gasteiger partial charge >= 0.3 is 0 Å². The molecule has 1 aromatic heterocycles. The lowest BCUT2D eigenvalue weighted by molar-refractivity contribution is -0.136. The number of hydrogen-bond donors (Lipinski definition) is 1. The summed E-state index contributed by atoms with van der Waals surface area (Å²) in [5.41, 5.74) is 0.526. The largest absolute Gasteiger partial charge is 0.475 e. The van der Waals surface area contributed by atoms with E-state index in [0.29, 0.717) is 43.5 Å². The summed E-state index contributed by atoms with van der Waals surface area (Å²) in [6, 6.07) is 3.54. The summed E-state index contributed by atoms with van der Waals surface area (Å²) in [5, 5.41) is 2.91. The second-order valence-corrected chi connectivity index (χ2v) is 5.82. The highest BCUT2D eigenvalue weighted by molar-refractivity contribution is 5.97. The first-order chi connectivity index (χ1) is 11.5. The van der Waals surface area contributed by atoms with Crippen molar-refractivity contribution in [2.24, 2.45) is 0 Å². The number of anilines is 1. The number of amides is 1. The number of carbonyl (C=O) groups excluding carboxylic acids is 1. The van der Waals surface area contributed by atoms with Crippen molar-refractivity contribution in [3.63, 3.8) is 0 Å². The van der Waals surface area contributed by atoms with Crippen LogP contribution in [0.1, 0.15) is 45.7 Å². The lowest BCUT2D eigenvalue weighted by Gasteiger charge is -2.27. The fraction of sp³-hybridized carbons (Fsp3) is 0.667. The van der Waals surface area contributed by atoms with Gasteiger partial charge in [0, 0.05) is 19.8 Å². The van der Waals surface area contributed by atoms with Gasteiger partial charge in [-0.05, 0) is 33.3 Å². The Labute approximate surface area is 144 Å². The van der Waals surface area contributed by atoms with Crippen LogP contribution in [0.15, 0.2) is 12.1 Å². The Kier molecular flexibility index (Phi) is 8.71. The molecular weight excluding hydrogens is 308 g/mol. The van der Waals surface area contributed by atoms with Crippen molar-refractivity contribution in [1.29, 1.82) is 0 Å². The van der Waals surface area contributed by atoms with Gasteiger partial charge in [0.2, 0.25) is 5.88 Å². The van der Waals surface area contributed by atoms with E-state index in [0.717, 1.165) is 12.8 Å². The van der Waals surface area contributed by atoms with Gasteiger partial charge in [0.25, 0.3) is 5.91 Å². The Morgan fingerprint density at radius 1 is 1.29 bits per heavy atom. The fourth-order valence-corrected chi connectivity index (χ4v) is 2.18.